The molecule has 84 valence electrons. The van der Waals surface area contributed by atoms with Crippen molar-refractivity contribution in [1.29, 1.82) is 0 Å². The van der Waals surface area contributed by atoms with Crippen molar-refractivity contribution >= 4 is 11.9 Å². The molecule has 2 N–H and O–H groups in total. The van der Waals surface area contributed by atoms with Crippen molar-refractivity contribution in [3.8, 4) is 0 Å². The van der Waals surface area contributed by atoms with E-state index in [2.05, 4.69) is 19.1 Å². The average Bonchev–Trinajstić information content (AvgIpc) is 2.17. The van der Waals surface area contributed by atoms with Crippen LogP contribution in [0.4, 0.5) is 0 Å². The lowest BCUT2D eigenvalue weighted by Gasteiger charge is -1.74. The maximum Gasteiger partial charge on any atom is 0.328 e. The predicted octanol–water partition coefficient (Wildman–Crippen LogP) is 2.24. The molecule has 0 bridgehead atoms. The summed E-state index contributed by atoms with van der Waals surface area (Å²) >= 11 is 0. The maximum absolute atomic E-state index is 9.55. The summed E-state index contributed by atoms with van der Waals surface area (Å²) < 4.78 is 0. The second-order valence-corrected chi connectivity index (χ2v) is 2.37. The van der Waals surface area contributed by atoms with Crippen LogP contribution in [-0.4, -0.2) is 22.2 Å². The minimum absolute atomic E-state index is 0.558. The minimum Gasteiger partial charge on any atom is -0.478 e. The summed E-state index contributed by atoms with van der Waals surface area (Å²) in [7, 11) is 0. The highest BCUT2D eigenvalue weighted by atomic mass is 16.4. The van der Waals surface area contributed by atoms with E-state index in [1.165, 1.54) is 0 Å². The summed E-state index contributed by atoms with van der Waals surface area (Å²) in [5.74, 6) is -2.51. The van der Waals surface area contributed by atoms with Gasteiger partial charge in [0, 0.05) is 12.2 Å². The van der Waals surface area contributed by atoms with E-state index >= 15 is 0 Å². The predicted molar refractivity (Wildman–Crippen MR) is 58.7 cm³/mol. The number of hydrogen-bond acceptors (Lipinski definition) is 2. The highest BCUT2D eigenvalue weighted by Crippen LogP contribution is 1.79. The standard InChI is InChI=1S/C7H12.C4H4O4/c1-3-5-7-6-4-2;5-3(6)1-2-4(7)8/h3,5-7H,4H2,1-2H3;1-2H,(H,5,6)(H,7,8)/b;2-1-. The lowest BCUT2D eigenvalue weighted by molar-refractivity contribution is -0.134. The van der Waals surface area contributed by atoms with Gasteiger partial charge in [0.25, 0.3) is 0 Å². The van der Waals surface area contributed by atoms with E-state index < -0.39 is 11.9 Å². The van der Waals surface area contributed by atoms with E-state index in [1.807, 2.05) is 19.1 Å². The first kappa shape index (κ1) is 15.6. The van der Waals surface area contributed by atoms with Crippen LogP contribution < -0.4 is 0 Å². The summed E-state index contributed by atoms with van der Waals surface area (Å²) in [4.78, 5) is 19.1. The molecule has 0 atom stereocenters. The molecule has 0 aromatic carbocycles. The molecule has 0 unspecified atom stereocenters. The zero-order valence-electron chi connectivity index (χ0n) is 8.88. The van der Waals surface area contributed by atoms with Gasteiger partial charge in [0.1, 0.15) is 0 Å². The average molecular weight is 212 g/mol. The quantitative estimate of drug-likeness (QED) is 0.553. The van der Waals surface area contributed by atoms with Crippen LogP contribution in [0.15, 0.2) is 36.5 Å². The van der Waals surface area contributed by atoms with Gasteiger partial charge < -0.3 is 10.2 Å². The van der Waals surface area contributed by atoms with Gasteiger partial charge in [-0.15, -0.1) is 0 Å². The van der Waals surface area contributed by atoms with Gasteiger partial charge in [0.05, 0.1) is 0 Å². The fraction of sp³-hybridized carbons (Fsp3) is 0.273. The molecule has 0 aliphatic rings. The van der Waals surface area contributed by atoms with Crippen LogP contribution in [0.1, 0.15) is 20.3 Å². The number of carboxylic acids is 2. The molecule has 0 rings (SSSR count). The summed E-state index contributed by atoms with van der Waals surface area (Å²) in [5.41, 5.74) is 0. The second kappa shape index (κ2) is 12.2. The van der Waals surface area contributed by atoms with E-state index in [4.69, 9.17) is 10.2 Å². The Morgan fingerprint density at radius 2 is 1.53 bits per heavy atom. The van der Waals surface area contributed by atoms with E-state index in [-0.39, 0.29) is 0 Å². The summed E-state index contributed by atoms with van der Waals surface area (Å²) in [5, 5.41) is 15.6. The summed E-state index contributed by atoms with van der Waals surface area (Å²) in [6.07, 6.45) is 10.5. The highest BCUT2D eigenvalue weighted by molar-refractivity contribution is 5.89. The van der Waals surface area contributed by atoms with Gasteiger partial charge in [-0.3, -0.25) is 0 Å². The smallest absolute Gasteiger partial charge is 0.328 e. The lowest BCUT2D eigenvalue weighted by atomic mass is 10.4. The van der Waals surface area contributed by atoms with E-state index in [1.54, 1.807) is 0 Å². The lowest BCUT2D eigenvalue weighted by Crippen LogP contribution is -1.91. The monoisotopic (exact) mass is 212 g/mol. The molecule has 0 aliphatic carbocycles. The first-order valence-corrected chi connectivity index (χ1v) is 4.46. The molecule has 0 aromatic heterocycles. The molecule has 0 aliphatic heterocycles. The fourth-order valence-corrected chi connectivity index (χ4v) is 0.468. The Balaban J connectivity index is 0. The van der Waals surface area contributed by atoms with Crippen LogP contribution in [0, 0.1) is 0 Å². The first-order valence-electron chi connectivity index (χ1n) is 4.46. The largest absolute Gasteiger partial charge is 0.478 e. The molecular weight excluding hydrogens is 196 g/mol. The van der Waals surface area contributed by atoms with Crippen molar-refractivity contribution < 1.29 is 19.8 Å². The van der Waals surface area contributed by atoms with Crippen molar-refractivity contribution in [3.05, 3.63) is 36.5 Å². The van der Waals surface area contributed by atoms with Crippen molar-refractivity contribution in [2.45, 2.75) is 20.3 Å². The Kier molecular flexibility index (Phi) is 12.7. The van der Waals surface area contributed by atoms with Gasteiger partial charge in [0.2, 0.25) is 0 Å². The number of aliphatic carboxylic acids is 2. The van der Waals surface area contributed by atoms with Crippen LogP contribution in [0.25, 0.3) is 0 Å². The molecule has 15 heavy (non-hydrogen) atoms. The number of allylic oxidation sites excluding steroid dienone is 4. The van der Waals surface area contributed by atoms with Crippen molar-refractivity contribution in [3.63, 3.8) is 0 Å². The molecule has 0 spiro atoms. The third-order valence-electron chi connectivity index (χ3n) is 1.04. The third-order valence-corrected chi connectivity index (χ3v) is 1.04. The number of hydrogen-bond donors (Lipinski definition) is 2. The molecule has 0 radical (unpaired) electrons. The molecular formula is C11H16O4. The minimum atomic E-state index is -1.26. The molecule has 0 saturated carbocycles. The van der Waals surface area contributed by atoms with Crippen LogP contribution >= 0.6 is 0 Å². The van der Waals surface area contributed by atoms with Gasteiger partial charge in [-0.25, -0.2) is 9.59 Å². The van der Waals surface area contributed by atoms with Gasteiger partial charge in [-0.2, -0.15) is 0 Å². The topological polar surface area (TPSA) is 74.6 Å². The highest BCUT2D eigenvalue weighted by Gasteiger charge is 1.88. The Hall–Kier alpha value is -1.84. The van der Waals surface area contributed by atoms with Gasteiger partial charge in [-0.1, -0.05) is 31.2 Å². The van der Waals surface area contributed by atoms with Gasteiger partial charge >= 0.3 is 11.9 Å². The Morgan fingerprint density at radius 3 is 1.80 bits per heavy atom. The molecule has 0 amide bonds. The van der Waals surface area contributed by atoms with Gasteiger partial charge in [-0.05, 0) is 13.3 Å². The summed E-state index contributed by atoms with van der Waals surface area (Å²) in [6.45, 7) is 4.14. The second-order valence-electron chi connectivity index (χ2n) is 2.37. The third kappa shape index (κ3) is 24.5. The van der Waals surface area contributed by atoms with Gasteiger partial charge in [0.15, 0.2) is 0 Å². The van der Waals surface area contributed by atoms with Crippen LogP contribution in [-0.2, 0) is 9.59 Å². The molecule has 0 saturated heterocycles. The van der Waals surface area contributed by atoms with Crippen molar-refractivity contribution in [2.24, 2.45) is 0 Å². The molecule has 4 nitrogen and oxygen atoms in total. The van der Waals surface area contributed by atoms with E-state index in [9.17, 15) is 9.59 Å². The van der Waals surface area contributed by atoms with Crippen molar-refractivity contribution in [1.82, 2.24) is 0 Å². The Bertz CT molecular complexity index is 246. The van der Waals surface area contributed by atoms with Crippen LogP contribution in [0.5, 0.6) is 0 Å². The molecule has 4 heteroatoms. The molecule has 0 fully saturated rings. The van der Waals surface area contributed by atoms with Crippen LogP contribution in [0.2, 0.25) is 0 Å². The van der Waals surface area contributed by atoms with Crippen LogP contribution in [0.3, 0.4) is 0 Å². The van der Waals surface area contributed by atoms with Crippen molar-refractivity contribution in [2.75, 3.05) is 0 Å². The SMILES string of the molecule is CC=CC=CCC.O=C(O)/C=C\C(=O)O. The van der Waals surface area contributed by atoms with E-state index in [0.717, 1.165) is 6.42 Å². The number of carboxylic acid groups (broad SMARTS) is 2. The zero-order chi connectivity index (χ0) is 12.1. The number of rotatable bonds is 4. The summed E-state index contributed by atoms with van der Waals surface area (Å²) in [6, 6.07) is 0. The number of carbonyl (C=O) groups is 2. The zero-order valence-corrected chi connectivity index (χ0v) is 8.88. The Morgan fingerprint density at radius 1 is 1.07 bits per heavy atom. The molecule has 0 heterocycles. The fourth-order valence-electron chi connectivity index (χ4n) is 0.468. The Labute approximate surface area is 89.2 Å². The first-order chi connectivity index (χ1) is 7.04. The normalized spacial score (nSPS) is 10.5. The molecule has 0 aromatic rings. The van der Waals surface area contributed by atoms with E-state index in [0.29, 0.717) is 12.2 Å². The maximum atomic E-state index is 9.55.